The van der Waals surface area contributed by atoms with E-state index in [0.717, 1.165) is 24.8 Å². The van der Waals surface area contributed by atoms with Crippen LogP contribution in [0.15, 0.2) is 47.6 Å². The van der Waals surface area contributed by atoms with Crippen LogP contribution in [0.5, 0.6) is 0 Å². The monoisotopic (exact) mass is 494 g/mol. The standard InChI is InChI=1S/C23H25Cl2FN4OS/c1-3-4-5-6-21(31)27-15(2)22-28-29-23(32-14-16-7-10-18(26)11-8-16)30(22)20-12-9-17(24)13-19(20)25/h7-13,15H,3-6,14H2,1-2H3,(H,27,31). The molecule has 0 bridgehead atoms. The minimum atomic E-state index is -0.372. The van der Waals surface area contributed by atoms with Gasteiger partial charge in [0.05, 0.1) is 16.8 Å². The summed E-state index contributed by atoms with van der Waals surface area (Å²) in [5.41, 5.74) is 1.62. The molecule has 1 aromatic heterocycles. The zero-order valence-electron chi connectivity index (χ0n) is 17.9. The first-order valence-corrected chi connectivity index (χ1v) is 12.2. The van der Waals surface area contributed by atoms with Gasteiger partial charge < -0.3 is 5.32 Å². The molecule has 0 saturated heterocycles. The van der Waals surface area contributed by atoms with Crippen LogP contribution in [0.3, 0.4) is 0 Å². The molecule has 0 aliphatic carbocycles. The van der Waals surface area contributed by atoms with E-state index in [1.165, 1.54) is 23.9 Å². The predicted octanol–water partition coefficient (Wildman–Crippen LogP) is 6.76. The molecule has 1 amide bonds. The summed E-state index contributed by atoms with van der Waals surface area (Å²) in [5.74, 6) is 0.838. The minimum absolute atomic E-state index is 0.0248. The highest BCUT2D eigenvalue weighted by Crippen LogP contribution is 2.32. The fourth-order valence-corrected chi connectivity index (χ4v) is 4.59. The van der Waals surface area contributed by atoms with Crippen molar-refractivity contribution in [3.8, 4) is 5.69 Å². The molecule has 5 nitrogen and oxygen atoms in total. The van der Waals surface area contributed by atoms with E-state index in [4.69, 9.17) is 23.2 Å². The molecule has 9 heteroatoms. The molecular formula is C23H25Cl2FN4OS. The third kappa shape index (κ3) is 6.47. The molecule has 2 aromatic carbocycles. The first kappa shape index (κ1) is 24.6. The molecule has 1 unspecified atom stereocenters. The van der Waals surface area contributed by atoms with E-state index >= 15 is 0 Å². The van der Waals surface area contributed by atoms with Crippen molar-refractivity contribution in [2.75, 3.05) is 0 Å². The first-order valence-electron chi connectivity index (χ1n) is 10.5. The number of amides is 1. The Kier molecular flexibility index (Phi) is 8.96. The number of rotatable bonds is 10. The van der Waals surface area contributed by atoms with Crippen molar-refractivity contribution in [1.29, 1.82) is 0 Å². The van der Waals surface area contributed by atoms with E-state index in [9.17, 15) is 9.18 Å². The second-order valence-corrected chi connectivity index (χ2v) is 9.22. The maximum absolute atomic E-state index is 13.2. The van der Waals surface area contributed by atoms with Gasteiger partial charge in [0.1, 0.15) is 5.82 Å². The molecule has 0 fully saturated rings. The van der Waals surface area contributed by atoms with Gasteiger partial charge in [0.2, 0.25) is 5.91 Å². The lowest BCUT2D eigenvalue weighted by Gasteiger charge is -2.17. The fourth-order valence-electron chi connectivity index (χ4n) is 3.19. The molecule has 170 valence electrons. The highest BCUT2D eigenvalue weighted by Gasteiger charge is 2.22. The normalized spacial score (nSPS) is 12.0. The third-order valence-electron chi connectivity index (χ3n) is 4.86. The Morgan fingerprint density at radius 1 is 1.16 bits per heavy atom. The zero-order valence-corrected chi connectivity index (χ0v) is 20.3. The number of nitrogens with zero attached hydrogens (tertiary/aromatic N) is 3. The quantitative estimate of drug-likeness (QED) is 0.249. The van der Waals surface area contributed by atoms with E-state index in [-0.39, 0.29) is 17.8 Å². The summed E-state index contributed by atoms with van der Waals surface area (Å²) in [4.78, 5) is 12.4. The summed E-state index contributed by atoms with van der Waals surface area (Å²) in [6, 6.07) is 11.2. The van der Waals surface area contributed by atoms with Crippen molar-refractivity contribution in [2.24, 2.45) is 0 Å². The highest BCUT2D eigenvalue weighted by molar-refractivity contribution is 7.98. The van der Waals surface area contributed by atoms with Gasteiger partial charge in [-0.05, 0) is 49.2 Å². The molecule has 1 atom stereocenters. The molecule has 3 rings (SSSR count). The van der Waals surface area contributed by atoms with Gasteiger partial charge in [-0.3, -0.25) is 9.36 Å². The molecule has 0 saturated carbocycles. The number of benzene rings is 2. The van der Waals surface area contributed by atoms with Crippen LogP contribution in [-0.4, -0.2) is 20.7 Å². The largest absolute Gasteiger partial charge is 0.346 e. The van der Waals surface area contributed by atoms with E-state index in [2.05, 4.69) is 22.4 Å². The van der Waals surface area contributed by atoms with Crippen molar-refractivity contribution in [2.45, 2.75) is 56.5 Å². The number of thioether (sulfide) groups is 1. The minimum Gasteiger partial charge on any atom is -0.346 e. The summed E-state index contributed by atoms with van der Waals surface area (Å²) in [6.45, 7) is 3.97. The Balaban J connectivity index is 1.87. The Hall–Kier alpha value is -2.09. The van der Waals surface area contributed by atoms with E-state index in [1.54, 1.807) is 30.3 Å². The van der Waals surface area contributed by atoms with Crippen molar-refractivity contribution in [1.82, 2.24) is 20.1 Å². The number of unbranched alkanes of at least 4 members (excludes halogenated alkanes) is 2. The van der Waals surface area contributed by atoms with Gasteiger partial charge >= 0.3 is 0 Å². The molecule has 32 heavy (non-hydrogen) atoms. The first-order chi connectivity index (χ1) is 15.4. The molecule has 0 aliphatic rings. The van der Waals surface area contributed by atoms with Crippen LogP contribution >= 0.6 is 35.0 Å². The van der Waals surface area contributed by atoms with Gasteiger partial charge in [0.25, 0.3) is 0 Å². The molecule has 0 radical (unpaired) electrons. The fraction of sp³-hybridized carbons (Fsp3) is 0.348. The number of aromatic nitrogens is 3. The number of carbonyl (C=O) groups is 1. The third-order valence-corrected chi connectivity index (χ3v) is 6.40. The van der Waals surface area contributed by atoms with Gasteiger partial charge in [-0.1, -0.05) is 66.9 Å². The van der Waals surface area contributed by atoms with Crippen LogP contribution in [0.25, 0.3) is 5.69 Å². The summed E-state index contributed by atoms with van der Waals surface area (Å²) in [7, 11) is 0. The number of hydrogen-bond donors (Lipinski definition) is 1. The Bertz CT molecular complexity index is 1060. The topological polar surface area (TPSA) is 59.8 Å². The van der Waals surface area contributed by atoms with Crippen molar-refractivity contribution in [3.63, 3.8) is 0 Å². The zero-order chi connectivity index (χ0) is 23.1. The van der Waals surface area contributed by atoms with Crippen molar-refractivity contribution >= 4 is 40.9 Å². The summed E-state index contributed by atoms with van der Waals surface area (Å²) < 4.78 is 15.1. The van der Waals surface area contributed by atoms with Crippen LogP contribution in [0, 0.1) is 5.82 Å². The van der Waals surface area contributed by atoms with Gasteiger partial charge in [0.15, 0.2) is 11.0 Å². The lowest BCUT2D eigenvalue weighted by atomic mass is 10.2. The molecule has 0 spiro atoms. The maximum Gasteiger partial charge on any atom is 0.220 e. The lowest BCUT2D eigenvalue weighted by Crippen LogP contribution is -2.28. The molecule has 3 aromatic rings. The van der Waals surface area contributed by atoms with Crippen LogP contribution in [0.4, 0.5) is 4.39 Å². The lowest BCUT2D eigenvalue weighted by molar-refractivity contribution is -0.121. The average molecular weight is 495 g/mol. The van der Waals surface area contributed by atoms with Gasteiger partial charge in [-0.15, -0.1) is 10.2 Å². The second-order valence-electron chi connectivity index (χ2n) is 7.43. The summed E-state index contributed by atoms with van der Waals surface area (Å²) >= 11 is 14.0. The van der Waals surface area contributed by atoms with Crippen LogP contribution in [0.1, 0.15) is 57.0 Å². The molecular weight excluding hydrogens is 470 g/mol. The molecule has 0 aliphatic heterocycles. The number of carbonyl (C=O) groups excluding carboxylic acids is 1. The van der Waals surface area contributed by atoms with E-state index in [0.29, 0.717) is 38.9 Å². The smallest absolute Gasteiger partial charge is 0.220 e. The summed E-state index contributed by atoms with van der Waals surface area (Å²) in [5, 5.41) is 13.3. The number of hydrogen-bond acceptors (Lipinski definition) is 4. The second kappa shape index (κ2) is 11.7. The van der Waals surface area contributed by atoms with E-state index in [1.807, 2.05) is 11.5 Å². The average Bonchev–Trinajstić information content (AvgIpc) is 3.17. The maximum atomic E-state index is 13.2. The Morgan fingerprint density at radius 3 is 2.59 bits per heavy atom. The SMILES string of the molecule is CCCCCC(=O)NC(C)c1nnc(SCc2ccc(F)cc2)n1-c1ccc(Cl)cc1Cl. The summed E-state index contributed by atoms with van der Waals surface area (Å²) in [6.07, 6.45) is 3.40. The van der Waals surface area contributed by atoms with Crippen LogP contribution < -0.4 is 5.32 Å². The van der Waals surface area contributed by atoms with Crippen molar-refractivity contribution in [3.05, 3.63) is 69.7 Å². The Labute approximate surface area is 201 Å². The number of nitrogens with one attached hydrogen (secondary N) is 1. The van der Waals surface area contributed by atoms with Gasteiger partial charge in [0, 0.05) is 17.2 Å². The number of halogens is 3. The van der Waals surface area contributed by atoms with Gasteiger partial charge in [-0.2, -0.15) is 0 Å². The Morgan fingerprint density at radius 2 is 1.91 bits per heavy atom. The van der Waals surface area contributed by atoms with Crippen LogP contribution in [0.2, 0.25) is 10.0 Å². The highest BCUT2D eigenvalue weighted by atomic mass is 35.5. The van der Waals surface area contributed by atoms with Gasteiger partial charge in [-0.25, -0.2) is 4.39 Å². The van der Waals surface area contributed by atoms with E-state index < -0.39 is 0 Å². The molecule has 1 heterocycles. The predicted molar refractivity (Wildman–Crippen MR) is 128 cm³/mol. The molecule has 1 N–H and O–H groups in total. The van der Waals surface area contributed by atoms with Crippen LogP contribution in [-0.2, 0) is 10.5 Å². The van der Waals surface area contributed by atoms with Crippen molar-refractivity contribution < 1.29 is 9.18 Å².